The van der Waals surface area contributed by atoms with Crippen LogP contribution in [0.25, 0.3) is 0 Å². The zero-order valence-electron chi connectivity index (χ0n) is 9.56. The third-order valence-electron chi connectivity index (χ3n) is 2.26. The van der Waals surface area contributed by atoms with E-state index in [2.05, 4.69) is 10.5 Å². The summed E-state index contributed by atoms with van der Waals surface area (Å²) in [6, 6.07) is 1.46. The Bertz CT molecular complexity index is 350. The van der Waals surface area contributed by atoms with Crippen molar-refractivity contribution in [3.05, 3.63) is 17.5 Å². The molecule has 1 rings (SSSR count). The summed E-state index contributed by atoms with van der Waals surface area (Å²) in [4.78, 5) is 11.7. The van der Waals surface area contributed by atoms with Gasteiger partial charge in [-0.15, -0.1) is 0 Å². The molecular formula is C10H16N2O3S. The number of nitrogens with zero attached hydrogens (tertiary/aromatic N) is 1. The Labute approximate surface area is 98.6 Å². The van der Waals surface area contributed by atoms with Crippen molar-refractivity contribution in [2.45, 2.75) is 25.1 Å². The molecule has 0 saturated heterocycles. The fourth-order valence-corrected chi connectivity index (χ4v) is 1.91. The monoisotopic (exact) mass is 244 g/mol. The molecule has 0 radical (unpaired) electrons. The lowest BCUT2D eigenvalue weighted by Crippen LogP contribution is -2.41. The van der Waals surface area contributed by atoms with E-state index in [0.29, 0.717) is 5.76 Å². The molecule has 2 atom stereocenters. The van der Waals surface area contributed by atoms with E-state index in [9.17, 15) is 4.79 Å². The zero-order chi connectivity index (χ0) is 12.1. The van der Waals surface area contributed by atoms with Gasteiger partial charge in [-0.3, -0.25) is 4.79 Å². The molecule has 1 heterocycles. The van der Waals surface area contributed by atoms with Crippen LogP contribution < -0.4 is 5.32 Å². The van der Waals surface area contributed by atoms with Gasteiger partial charge < -0.3 is 14.9 Å². The summed E-state index contributed by atoms with van der Waals surface area (Å²) in [5.41, 5.74) is 0.266. The van der Waals surface area contributed by atoms with Gasteiger partial charge in [-0.1, -0.05) is 5.16 Å². The van der Waals surface area contributed by atoms with Crippen LogP contribution in [-0.2, 0) is 0 Å². The summed E-state index contributed by atoms with van der Waals surface area (Å²) in [5, 5.41) is 15.5. The molecule has 1 aromatic heterocycles. The van der Waals surface area contributed by atoms with Gasteiger partial charge in [-0.05, 0) is 20.1 Å². The summed E-state index contributed by atoms with van der Waals surface area (Å²) >= 11 is 1.51. The van der Waals surface area contributed by atoms with Crippen molar-refractivity contribution in [1.82, 2.24) is 10.5 Å². The Kier molecular flexibility index (Phi) is 4.82. The molecule has 0 aliphatic carbocycles. The number of aromatic nitrogens is 1. The molecule has 0 aromatic carbocycles. The molecule has 0 bridgehead atoms. The van der Waals surface area contributed by atoms with Crippen LogP contribution >= 0.6 is 11.8 Å². The number of aliphatic hydroxyl groups is 1. The number of carbonyl (C=O) groups excluding carboxylic acids is 1. The van der Waals surface area contributed by atoms with Gasteiger partial charge in [0.05, 0.1) is 6.61 Å². The number of aryl methyl sites for hydroxylation is 1. The molecule has 0 aliphatic heterocycles. The van der Waals surface area contributed by atoms with Crippen LogP contribution in [0.5, 0.6) is 0 Å². The summed E-state index contributed by atoms with van der Waals surface area (Å²) in [5.74, 6) is 0.318. The van der Waals surface area contributed by atoms with Gasteiger partial charge in [0.15, 0.2) is 5.69 Å². The highest BCUT2D eigenvalue weighted by Crippen LogP contribution is 2.11. The molecule has 16 heavy (non-hydrogen) atoms. The van der Waals surface area contributed by atoms with E-state index in [0.717, 1.165) is 0 Å². The lowest BCUT2D eigenvalue weighted by molar-refractivity contribution is 0.0927. The molecule has 0 aliphatic rings. The van der Waals surface area contributed by atoms with Crippen LogP contribution in [0.4, 0.5) is 0 Å². The van der Waals surface area contributed by atoms with Gasteiger partial charge in [-0.2, -0.15) is 11.8 Å². The van der Waals surface area contributed by atoms with Gasteiger partial charge in [0, 0.05) is 17.4 Å². The summed E-state index contributed by atoms with van der Waals surface area (Å²) < 4.78 is 4.81. The van der Waals surface area contributed by atoms with E-state index in [-0.39, 0.29) is 29.5 Å². The maximum atomic E-state index is 11.7. The van der Waals surface area contributed by atoms with Crippen molar-refractivity contribution >= 4 is 17.7 Å². The van der Waals surface area contributed by atoms with Gasteiger partial charge in [0.1, 0.15) is 5.76 Å². The van der Waals surface area contributed by atoms with Crippen molar-refractivity contribution in [1.29, 1.82) is 0 Å². The Hall–Kier alpha value is -1.01. The normalized spacial score (nSPS) is 14.5. The Balaban J connectivity index is 2.57. The Morgan fingerprint density at radius 1 is 1.75 bits per heavy atom. The van der Waals surface area contributed by atoms with Crippen LogP contribution in [0.3, 0.4) is 0 Å². The number of hydrogen-bond acceptors (Lipinski definition) is 5. The Morgan fingerprint density at radius 2 is 2.44 bits per heavy atom. The van der Waals surface area contributed by atoms with Crippen molar-refractivity contribution < 1.29 is 14.4 Å². The fourth-order valence-electron chi connectivity index (χ4n) is 1.28. The number of carbonyl (C=O) groups is 1. The lowest BCUT2D eigenvalue weighted by Gasteiger charge is -2.20. The highest BCUT2D eigenvalue weighted by Gasteiger charge is 2.19. The minimum Gasteiger partial charge on any atom is -0.395 e. The molecule has 0 fully saturated rings. The van der Waals surface area contributed by atoms with Crippen molar-refractivity contribution in [2.24, 2.45) is 0 Å². The first-order chi connectivity index (χ1) is 7.58. The van der Waals surface area contributed by atoms with Crippen LogP contribution in [0.15, 0.2) is 10.6 Å². The van der Waals surface area contributed by atoms with Crippen LogP contribution in [0.1, 0.15) is 23.2 Å². The SMILES string of the molecule is CS[C@@H](CO)[C@@H](C)NC(=O)c1cc(C)on1. The zero-order valence-corrected chi connectivity index (χ0v) is 10.4. The van der Waals surface area contributed by atoms with Gasteiger partial charge in [-0.25, -0.2) is 0 Å². The minimum atomic E-state index is -0.281. The van der Waals surface area contributed by atoms with Crippen LogP contribution in [0, 0.1) is 6.92 Å². The number of hydrogen-bond donors (Lipinski definition) is 2. The molecule has 1 aromatic rings. The highest BCUT2D eigenvalue weighted by atomic mass is 32.2. The summed E-state index contributed by atoms with van der Waals surface area (Å²) in [7, 11) is 0. The third-order valence-corrected chi connectivity index (χ3v) is 3.42. The van der Waals surface area contributed by atoms with Crippen molar-refractivity contribution in [3.8, 4) is 0 Å². The van der Waals surface area contributed by atoms with Crippen molar-refractivity contribution in [2.75, 3.05) is 12.9 Å². The molecule has 0 unspecified atom stereocenters. The molecule has 90 valence electrons. The number of nitrogens with one attached hydrogen (secondary N) is 1. The van der Waals surface area contributed by atoms with E-state index in [1.807, 2.05) is 13.2 Å². The average molecular weight is 244 g/mol. The first-order valence-electron chi connectivity index (χ1n) is 4.96. The van der Waals surface area contributed by atoms with E-state index in [4.69, 9.17) is 9.63 Å². The van der Waals surface area contributed by atoms with E-state index in [1.54, 1.807) is 13.0 Å². The third kappa shape index (κ3) is 3.24. The van der Waals surface area contributed by atoms with E-state index in [1.165, 1.54) is 11.8 Å². The second kappa shape index (κ2) is 5.91. The maximum Gasteiger partial charge on any atom is 0.273 e. The number of aliphatic hydroxyl groups excluding tert-OH is 1. The lowest BCUT2D eigenvalue weighted by atomic mass is 10.2. The predicted molar refractivity (Wildman–Crippen MR) is 62.6 cm³/mol. The average Bonchev–Trinajstić information content (AvgIpc) is 2.66. The molecule has 2 N–H and O–H groups in total. The molecule has 6 heteroatoms. The minimum absolute atomic E-state index is 0.0167. The van der Waals surface area contributed by atoms with Gasteiger partial charge >= 0.3 is 0 Å². The fraction of sp³-hybridized carbons (Fsp3) is 0.600. The molecule has 0 saturated carbocycles. The molecular weight excluding hydrogens is 228 g/mol. The maximum absolute atomic E-state index is 11.7. The molecule has 0 spiro atoms. The van der Waals surface area contributed by atoms with Crippen LogP contribution in [-0.4, -0.2) is 40.3 Å². The second-order valence-electron chi connectivity index (χ2n) is 3.54. The highest BCUT2D eigenvalue weighted by molar-refractivity contribution is 7.99. The number of amides is 1. The predicted octanol–water partition coefficient (Wildman–Crippen LogP) is 0.825. The smallest absolute Gasteiger partial charge is 0.273 e. The topological polar surface area (TPSA) is 75.4 Å². The first kappa shape index (κ1) is 13.1. The van der Waals surface area contributed by atoms with Gasteiger partial charge in [0.2, 0.25) is 0 Å². The standard InChI is InChI=1S/C10H16N2O3S/c1-6-4-8(12-15-6)10(14)11-7(2)9(5-13)16-3/h4,7,9,13H,5H2,1-3H3,(H,11,14)/t7-,9+/m1/s1. The van der Waals surface area contributed by atoms with E-state index < -0.39 is 0 Å². The number of thioether (sulfide) groups is 1. The van der Waals surface area contributed by atoms with Crippen molar-refractivity contribution in [3.63, 3.8) is 0 Å². The molecule has 5 nitrogen and oxygen atoms in total. The number of rotatable bonds is 5. The summed E-state index contributed by atoms with van der Waals surface area (Å²) in [6.07, 6.45) is 1.89. The largest absolute Gasteiger partial charge is 0.395 e. The molecule has 1 amide bonds. The van der Waals surface area contributed by atoms with Gasteiger partial charge in [0.25, 0.3) is 5.91 Å². The quantitative estimate of drug-likeness (QED) is 0.802. The van der Waals surface area contributed by atoms with E-state index >= 15 is 0 Å². The summed E-state index contributed by atoms with van der Waals surface area (Å²) in [6.45, 7) is 3.61. The van der Waals surface area contributed by atoms with Crippen LogP contribution in [0.2, 0.25) is 0 Å². The second-order valence-corrected chi connectivity index (χ2v) is 4.62. The first-order valence-corrected chi connectivity index (χ1v) is 6.25. The Morgan fingerprint density at radius 3 is 2.88 bits per heavy atom.